The first-order chi connectivity index (χ1) is 6.99. The average Bonchev–Trinajstić information content (AvgIpc) is 1.94. The zero-order valence-corrected chi connectivity index (χ0v) is 10.3. The van der Waals surface area contributed by atoms with Gasteiger partial charge in [-0.25, -0.2) is 0 Å². The Hall–Kier alpha value is 0.280. The summed E-state index contributed by atoms with van der Waals surface area (Å²) in [5.41, 5.74) is 0. The van der Waals surface area contributed by atoms with Crippen molar-refractivity contribution in [1.29, 1.82) is 0 Å². The first-order valence-electron chi connectivity index (χ1n) is 4.45. The van der Waals surface area contributed by atoms with Gasteiger partial charge >= 0.3 is 12.4 Å². The highest BCUT2D eigenvalue weighted by Crippen LogP contribution is 2.39. The second-order valence-corrected chi connectivity index (χ2v) is 6.60. The molecule has 0 aromatic carbocycles. The van der Waals surface area contributed by atoms with Gasteiger partial charge in [-0.2, -0.15) is 26.3 Å². The molecule has 8 heteroatoms. The summed E-state index contributed by atoms with van der Waals surface area (Å²) in [7, 11) is 1.70. The van der Waals surface area contributed by atoms with E-state index in [0.29, 0.717) is 0 Å². The fourth-order valence-corrected chi connectivity index (χ4v) is 3.35. The van der Waals surface area contributed by atoms with E-state index in [1.807, 2.05) is 0 Å². The minimum absolute atomic E-state index is 0.735. The lowest BCUT2D eigenvalue weighted by Crippen LogP contribution is -2.16. The van der Waals surface area contributed by atoms with E-state index in [4.69, 9.17) is 0 Å². The van der Waals surface area contributed by atoms with Gasteiger partial charge in [-0.15, -0.1) is 0 Å². The molecule has 2 unspecified atom stereocenters. The third kappa shape index (κ3) is 10.8. The van der Waals surface area contributed by atoms with E-state index in [-0.39, 0.29) is 0 Å². The Labute approximate surface area is 97.9 Å². The molecule has 16 heavy (non-hydrogen) atoms. The second-order valence-electron chi connectivity index (χ2n) is 3.45. The number of hydrogen-bond donors (Lipinski definition) is 0. The van der Waals surface area contributed by atoms with E-state index >= 15 is 0 Å². The number of hydrogen-bond acceptors (Lipinski definition) is 2. The molecular weight excluding hydrogens is 274 g/mol. The lowest BCUT2D eigenvalue weighted by atomic mass is 10.3. The van der Waals surface area contributed by atoms with Gasteiger partial charge in [0.15, 0.2) is 0 Å². The van der Waals surface area contributed by atoms with Crippen LogP contribution in [0.1, 0.15) is 26.7 Å². The van der Waals surface area contributed by atoms with Crippen LogP contribution in [0.15, 0.2) is 0 Å². The van der Waals surface area contributed by atoms with E-state index in [9.17, 15) is 26.3 Å². The van der Waals surface area contributed by atoms with Gasteiger partial charge in [-0.05, 0) is 0 Å². The Morgan fingerprint density at radius 3 is 1.19 bits per heavy atom. The molecule has 98 valence electrons. The minimum Gasteiger partial charge on any atom is -0.171 e. The highest BCUT2D eigenvalue weighted by atomic mass is 33.1. The van der Waals surface area contributed by atoms with Crippen LogP contribution in [-0.2, 0) is 0 Å². The molecule has 0 nitrogen and oxygen atoms in total. The van der Waals surface area contributed by atoms with Crippen molar-refractivity contribution in [3.63, 3.8) is 0 Å². The Kier molecular flexibility index (Phi) is 6.39. The Bertz CT molecular complexity index is 178. The van der Waals surface area contributed by atoms with Crippen LogP contribution in [0.5, 0.6) is 0 Å². The molecular formula is C8H12F6S2. The molecule has 0 N–H and O–H groups in total. The molecule has 0 fully saturated rings. The maximum atomic E-state index is 11.9. The van der Waals surface area contributed by atoms with Gasteiger partial charge in [0.25, 0.3) is 0 Å². The maximum absolute atomic E-state index is 11.9. The first-order valence-corrected chi connectivity index (χ1v) is 6.73. The van der Waals surface area contributed by atoms with Crippen molar-refractivity contribution in [2.75, 3.05) is 0 Å². The Balaban J connectivity index is 3.80. The predicted octanol–water partition coefficient (Wildman–Crippen LogP) is 5.05. The fraction of sp³-hybridized carbons (Fsp3) is 1.00. The summed E-state index contributed by atoms with van der Waals surface area (Å²) in [4.78, 5) is 0. The van der Waals surface area contributed by atoms with Crippen molar-refractivity contribution >= 4 is 21.6 Å². The van der Waals surface area contributed by atoms with Crippen molar-refractivity contribution < 1.29 is 26.3 Å². The van der Waals surface area contributed by atoms with Gasteiger partial charge in [-0.1, -0.05) is 35.4 Å². The van der Waals surface area contributed by atoms with Crippen LogP contribution in [0.3, 0.4) is 0 Å². The molecule has 0 aliphatic rings. The second kappa shape index (κ2) is 6.28. The van der Waals surface area contributed by atoms with E-state index in [1.54, 1.807) is 0 Å². The molecule has 0 spiro atoms. The standard InChI is InChI=1S/C8H12F6S2/c1-5(3-7(9,10)11)15-16-6(2)4-8(12,13)14/h5-6H,3-4H2,1-2H3. The molecule has 0 heterocycles. The van der Waals surface area contributed by atoms with Crippen molar-refractivity contribution in [2.45, 2.75) is 49.5 Å². The quantitative estimate of drug-likeness (QED) is 0.512. The van der Waals surface area contributed by atoms with Crippen LogP contribution in [0.25, 0.3) is 0 Å². The van der Waals surface area contributed by atoms with Gasteiger partial charge in [-0.3, -0.25) is 0 Å². The summed E-state index contributed by atoms with van der Waals surface area (Å²) >= 11 is 0. The van der Waals surface area contributed by atoms with E-state index in [1.165, 1.54) is 13.8 Å². The third-order valence-electron chi connectivity index (χ3n) is 1.42. The van der Waals surface area contributed by atoms with Crippen LogP contribution >= 0.6 is 21.6 Å². The molecule has 0 saturated heterocycles. The first kappa shape index (κ1) is 16.3. The molecule has 0 saturated carbocycles. The SMILES string of the molecule is CC(CC(F)(F)F)SSC(C)CC(F)(F)F. The van der Waals surface area contributed by atoms with Crippen molar-refractivity contribution in [1.82, 2.24) is 0 Å². The van der Waals surface area contributed by atoms with Crippen LogP contribution in [-0.4, -0.2) is 22.9 Å². The zero-order valence-electron chi connectivity index (χ0n) is 8.65. The van der Waals surface area contributed by atoms with Crippen LogP contribution in [0, 0.1) is 0 Å². The summed E-state index contributed by atoms with van der Waals surface area (Å²) in [6, 6.07) is 0. The summed E-state index contributed by atoms with van der Waals surface area (Å²) in [6.45, 7) is 2.71. The van der Waals surface area contributed by atoms with Crippen LogP contribution in [0.4, 0.5) is 26.3 Å². The monoisotopic (exact) mass is 286 g/mol. The predicted molar refractivity (Wildman–Crippen MR) is 55.5 cm³/mol. The van der Waals surface area contributed by atoms with E-state index < -0.39 is 35.7 Å². The highest BCUT2D eigenvalue weighted by Gasteiger charge is 2.32. The Morgan fingerprint density at radius 2 is 1.00 bits per heavy atom. The van der Waals surface area contributed by atoms with Crippen molar-refractivity contribution in [3.05, 3.63) is 0 Å². The molecule has 0 bridgehead atoms. The smallest absolute Gasteiger partial charge is 0.171 e. The molecule has 0 aromatic heterocycles. The van der Waals surface area contributed by atoms with Crippen LogP contribution in [0.2, 0.25) is 0 Å². The van der Waals surface area contributed by atoms with Gasteiger partial charge in [0.05, 0.1) is 12.8 Å². The number of rotatable bonds is 5. The van der Waals surface area contributed by atoms with E-state index in [0.717, 1.165) is 21.6 Å². The van der Waals surface area contributed by atoms with Gasteiger partial charge in [0, 0.05) is 10.5 Å². The summed E-state index contributed by atoms with van der Waals surface area (Å²) in [5.74, 6) is 0. The topological polar surface area (TPSA) is 0 Å². The molecule has 0 aromatic rings. The molecule has 0 radical (unpaired) electrons. The van der Waals surface area contributed by atoms with Gasteiger partial charge < -0.3 is 0 Å². The minimum atomic E-state index is -4.26. The molecule has 0 aliphatic heterocycles. The Morgan fingerprint density at radius 1 is 0.750 bits per heavy atom. The maximum Gasteiger partial charge on any atom is 0.390 e. The summed E-state index contributed by atoms with van der Waals surface area (Å²) in [6.07, 6.45) is -10.5. The molecule has 0 rings (SSSR count). The van der Waals surface area contributed by atoms with Crippen molar-refractivity contribution in [3.8, 4) is 0 Å². The summed E-state index contributed by atoms with van der Waals surface area (Å²) < 4.78 is 71.4. The lowest BCUT2D eigenvalue weighted by Gasteiger charge is -2.17. The normalized spacial score (nSPS) is 17.2. The average molecular weight is 286 g/mol. The number of halogens is 6. The largest absolute Gasteiger partial charge is 0.390 e. The lowest BCUT2D eigenvalue weighted by molar-refractivity contribution is -0.134. The van der Waals surface area contributed by atoms with E-state index in [2.05, 4.69) is 0 Å². The molecule has 0 aliphatic carbocycles. The fourth-order valence-electron chi connectivity index (χ4n) is 0.910. The van der Waals surface area contributed by atoms with Gasteiger partial charge in [0.1, 0.15) is 0 Å². The summed E-state index contributed by atoms with van der Waals surface area (Å²) in [5, 5.41) is -1.47. The zero-order chi connectivity index (χ0) is 13.0. The highest BCUT2D eigenvalue weighted by molar-refractivity contribution is 8.77. The molecule has 2 atom stereocenters. The van der Waals surface area contributed by atoms with Crippen molar-refractivity contribution in [2.24, 2.45) is 0 Å². The molecule has 0 amide bonds. The van der Waals surface area contributed by atoms with Crippen LogP contribution < -0.4 is 0 Å². The number of alkyl halides is 6. The third-order valence-corrected chi connectivity index (χ3v) is 4.83. The van der Waals surface area contributed by atoms with Gasteiger partial charge in [0.2, 0.25) is 0 Å².